The molecule has 0 aromatic heterocycles. The van der Waals surface area contributed by atoms with E-state index in [0.717, 1.165) is 11.0 Å². The molecule has 1 fully saturated rings. The molecule has 2 aromatic carbocycles. The summed E-state index contributed by atoms with van der Waals surface area (Å²) in [5.41, 5.74) is 1.58. The summed E-state index contributed by atoms with van der Waals surface area (Å²) in [6.07, 6.45) is 0. The Balaban J connectivity index is 1.86. The van der Waals surface area contributed by atoms with Crippen molar-refractivity contribution in [3.8, 4) is 5.75 Å². The van der Waals surface area contributed by atoms with Crippen molar-refractivity contribution in [2.75, 3.05) is 0 Å². The second kappa shape index (κ2) is 6.47. The average molecular weight is 342 g/mol. The first kappa shape index (κ1) is 18.0. The lowest BCUT2D eigenvalue weighted by Gasteiger charge is -2.32. The zero-order valence-electron chi connectivity index (χ0n) is 15.4. The Morgan fingerprint density at radius 2 is 1.64 bits per heavy atom. The molecule has 0 radical (unpaired) electrons. The molecule has 0 saturated carbocycles. The number of ether oxygens (including phenoxy) is 1. The number of hydrogen-bond donors (Lipinski definition) is 0. The summed E-state index contributed by atoms with van der Waals surface area (Å²) in [6.45, 7) is 10.2. The van der Waals surface area contributed by atoms with Gasteiger partial charge in [0.2, 0.25) is 0 Å². The van der Waals surface area contributed by atoms with Gasteiger partial charge >= 0.3 is 7.12 Å². The Morgan fingerprint density at radius 1 is 1.00 bits per heavy atom. The summed E-state index contributed by atoms with van der Waals surface area (Å²) in [5, 5.41) is 0. The predicted molar refractivity (Wildman–Crippen MR) is 97.6 cm³/mol. The molecule has 132 valence electrons. The van der Waals surface area contributed by atoms with E-state index in [2.05, 4.69) is 0 Å². The van der Waals surface area contributed by atoms with Gasteiger partial charge in [0.25, 0.3) is 0 Å². The topological polar surface area (TPSA) is 27.7 Å². The Morgan fingerprint density at radius 3 is 2.28 bits per heavy atom. The maximum Gasteiger partial charge on any atom is 0.498 e. The lowest BCUT2D eigenvalue weighted by Crippen LogP contribution is -2.41. The van der Waals surface area contributed by atoms with Gasteiger partial charge in [0.05, 0.1) is 11.2 Å². The van der Waals surface area contributed by atoms with Crippen LogP contribution in [0.4, 0.5) is 4.39 Å². The third-order valence-corrected chi connectivity index (χ3v) is 5.01. The Kier molecular flexibility index (Phi) is 4.65. The van der Waals surface area contributed by atoms with Gasteiger partial charge in [-0.2, -0.15) is 0 Å². The molecule has 0 atom stereocenters. The van der Waals surface area contributed by atoms with Crippen LogP contribution in [0.2, 0.25) is 0 Å². The predicted octanol–water partition coefficient (Wildman–Crippen LogP) is 4.01. The van der Waals surface area contributed by atoms with Gasteiger partial charge in [-0.1, -0.05) is 35.9 Å². The average Bonchev–Trinajstić information content (AvgIpc) is 2.75. The highest BCUT2D eigenvalue weighted by Crippen LogP contribution is 2.37. The summed E-state index contributed by atoms with van der Waals surface area (Å²) in [4.78, 5) is 0. The quantitative estimate of drug-likeness (QED) is 0.786. The zero-order valence-corrected chi connectivity index (χ0v) is 15.4. The molecule has 0 aliphatic carbocycles. The first-order valence-electron chi connectivity index (χ1n) is 8.52. The molecule has 1 aliphatic rings. The van der Waals surface area contributed by atoms with Gasteiger partial charge in [-0.3, -0.25) is 0 Å². The van der Waals surface area contributed by atoms with Gasteiger partial charge in [0.1, 0.15) is 18.2 Å². The monoisotopic (exact) mass is 342 g/mol. The molecule has 3 rings (SSSR count). The van der Waals surface area contributed by atoms with Gasteiger partial charge in [0.15, 0.2) is 0 Å². The van der Waals surface area contributed by atoms with E-state index < -0.39 is 18.3 Å². The van der Waals surface area contributed by atoms with Crippen LogP contribution in [0, 0.1) is 12.7 Å². The smallest absolute Gasteiger partial charge is 0.489 e. The zero-order chi connectivity index (χ0) is 18.2. The highest BCUT2D eigenvalue weighted by Gasteiger charge is 2.52. The molecule has 5 heteroatoms. The van der Waals surface area contributed by atoms with Crippen LogP contribution in [0.1, 0.15) is 38.8 Å². The summed E-state index contributed by atoms with van der Waals surface area (Å²) >= 11 is 0. The van der Waals surface area contributed by atoms with Crippen LogP contribution in [-0.4, -0.2) is 18.3 Å². The number of benzene rings is 2. The molecule has 1 saturated heterocycles. The lowest BCUT2D eigenvalue weighted by molar-refractivity contribution is 0.00578. The fraction of sp³-hybridized carbons (Fsp3) is 0.400. The summed E-state index contributed by atoms with van der Waals surface area (Å²) in [6, 6.07) is 12.5. The Hall–Kier alpha value is -1.85. The van der Waals surface area contributed by atoms with Gasteiger partial charge in [0, 0.05) is 11.0 Å². The van der Waals surface area contributed by atoms with E-state index in [1.165, 1.54) is 6.07 Å². The van der Waals surface area contributed by atoms with Crippen molar-refractivity contribution in [1.29, 1.82) is 0 Å². The molecule has 25 heavy (non-hydrogen) atoms. The fourth-order valence-corrected chi connectivity index (χ4v) is 2.72. The highest BCUT2D eigenvalue weighted by atomic mass is 19.1. The standard InChI is InChI=1S/C20H24BFO3/c1-14-10-11-18(23-13-15-8-6-7-9-17(15)22)16(12-14)21-24-19(2,3)20(4,5)25-21/h6-12H,13H2,1-5H3. The number of halogens is 1. The van der Waals surface area contributed by atoms with Crippen LogP contribution in [-0.2, 0) is 15.9 Å². The van der Waals surface area contributed by atoms with Crippen molar-refractivity contribution in [2.24, 2.45) is 0 Å². The van der Waals surface area contributed by atoms with Gasteiger partial charge in [-0.05, 0) is 46.8 Å². The maximum atomic E-state index is 13.8. The molecular formula is C20H24BFO3. The van der Waals surface area contributed by atoms with Gasteiger partial charge in [-0.25, -0.2) is 4.39 Å². The second-order valence-corrected chi connectivity index (χ2v) is 7.51. The molecule has 1 aliphatic heterocycles. The Labute approximate surface area is 149 Å². The molecule has 2 aromatic rings. The molecular weight excluding hydrogens is 318 g/mol. The van der Waals surface area contributed by atoms with E-state index in [0.29, 0.717) is 11.3 Å². The van der Waals surface area contributed by atoms with Crippen molar-refractivity contribution >= 4 is 12.6 Å². The van der Waals surface area contributed by atoms with Crippen molar-refractivity contribution in [1.82, 2.24) is 0 Å². The summed E-state index contributed by atoms with van der Waals surface area (Å²) in [7, 11) is -0.513. The van der Waals surface area contributed by atoms with Crippen LogP contribution in [0.15, 0.2) is 42.5 Å². The second-order valence-electron chi connectivity index (χ2n) is 7.51. The third kappa shape index (κ3) is 3.58. The minimum absolute atomic E-state index is 0.155. The molecule has 0 amide bonds. The van der Waals surface area contributed by atoms with Crippen molar-refractivity contribution in [3.05, 3.63) is 59.4 Å². The van der Waals surface area contributed by atoms with Crippen LogP contribution >= 0.6 is 0 Å². The van der Waals surface area contributed by atoms with Crippen LogP contribution in [0.5, 0.6) is 5.75 Å². The highest BCUT2D eigenvalue weighted by molar-refractivity contribution is 6.63. The molecule has 0 spiro atoms. The Bertz CT molecular complexity index is 757. The number of rotatable bonds is 4. The molecule has 3 nitrogen and oxygen atoms in total. The summed E-state index contributed by atoms with van der Waals surface area (Å²) < 4.78 is 32.0. The third-order valence-electron chi connectivity index (χ3n) is 5.01. The van der Waals surface area contributed by atoms with Crippen LogP contribution < -0.4 is 10.2 Å². The van der Waals surface area contributed by atoms with Crippen LogP contribution in [0.3, 0.4) is 0 Å². The van der Waals surface area contributed by atoms with E-state index >= 15 is 0 Å². The van der Waals surface area contributed by atoms with Gasteiger partial charge in [-0.15, -0.1) is 0 Å². The van der Waals surface area contributed by atoms with E-state index in [9.17, 15) is 4.39 Å². The van der Waals surface area contributed by atoms with Crippen molar-refractivity contribution < 1.29 is 18.4 Å². The van der Waals surface area contributed by atoms with E-state index in [4.69, 9.17) is 14.0 Å². The minimum Gasteiger partial charge on any atom is -0.489 e. The molecule has 0 unspecified atom stereocenters. The SMILES string of the molecule is Cc1ccc(OCc2ccccc2F)c(B2OC(C)(C)C(C)(C)O2)c1. The van der Waals surface area contributed by atoms with E-state index in [1.54, 1.807) is 18.2 Å². The maximum absolute atomic E-state index is 13.8. The van der Waals surface area contributed by atoms with Gasteiger partial charge < -0.3 is 14.0 Å². The minimum atomic E-state index is -0.513. The first-order valence-corrected chi connectivity index (χ1v) is 8.52. The number of aryl methyl sites for hydroxylation is 1. The fourth-order valence-electron chi connectivity index (χ4n) is 2.72. The molecule has 0 bridgehead atoms. The normalized spacial score (nSPS) is 18.4. The molecule has 0 N–H and O–H groups in total. The largest absolute Gasteiger partial charge is 0.498 e. The van der Waals surface area contributed by atoms with Crippen LogP contribution in [0.25, 0.3) is 0 Å². The lowest BCUT2D eigenvalue weighted by atomic mass is 9.77. The number of hydrogen-bond acceptors (Lipinski definition) is 3. The van der Waals surface area contributed by atoms with Crippen molar-refractivity contribution in [3.63, 3.8) is 0 Å². The van der Waals surface area contributed by atoms with Crippen molar-refractivity contribution in [2.45, 2.75) is 52.4 Å². The van der Waals surface area contributed by atoms with E-state index in [-0.39, 0.29) is 12.4 Å². The summed E-state index contributed by atoms with van der Waals surface area (Å²) in [5.74, 6) is 0.374. The molecule has 1 heterocycles. The van der Waals surface area contributed by atoms with E-state index in [1.807, 2.05) is 52.8 Å². The first-order chi connectivity index (χ1) is 11.7.